The number of sulfonamides is 2. The molecule has 1 heterocycles. The van der Waals surface area contributed by atoms with Gasteiger partial charge in [0, 0.05) is 6.54 Å². The average Bonchev–Trinajstić information content (AvgIpc) is 2.92. The van der Waals surface area contributed by atoms with Gasteiger partial charge in [-0.25, -0.2) is 25.9 Å². The van der Waals surface area contributed by atoms with Crippen molar-refractivity contribution in [3.63, 3.8) is 0 Å². The lowest BCUT2D eigenvalue weighted by Crippen LogP contribution is -2.30. The van der Waals surface area contributed by atoms with E-state index in [9.17, 15) is 21.6 Å². The Bertz CT molecular complexity index is 1110. The molecule has 1 fully saturated rings. The van der Waals surface area contributed by atoms with Gasteiger partial charge in [0.15, 0.2) is 0 Å². The molecule has 1 amide bonds. The van der Waals surface area contributed by atoms with Crippen molar-refractivity contribution >= 4 is 31.6 Å². The molecule has 1 atom stereocenters. The number of rotatable bonds is 8. The predicted molar refractivity (Wildman–Crippen MR) is 111 cm³/mol. The van der Waals surface area contributed by atoms with Crippen LogP contribution in [-0.2, 0) is 24.8 Å². The molecule has 162 valence electrons. The van der Waals surface area contributed by atoms with Gasteiger partial charge in [0.05, 0.1) is 29.4 Å². The third-order valence-corrected chi connectivity index (χ3v) is 7.81. The summed E-state index contributed by atoms with van der Waals surface area (Å²) in [6, 6.07) is 12.0. The highest BCUT2D eigenvalue weighted by Crippen LogP contribution is 2.28. The number of nitrogens with one attached hydrogen (secondary N) is 1. The van der Waals surface area contributed by atoms with Crippen molar-refractivity contribution in [3.05, 3.63) is 48.5 Å². The molecular weight excluding hydrogens is 432 g/mol. The number of carbonyl (C=O) groups excluding carboxylic acids is 1. The number of benzene rings is 2. The van der Waals surface area contributed by atoms with E-state index in [0.29, 0.717) is 11.5 Å². The third-order valence-electron chi connectivity index (χ3n) is 4.46. The number of anilines is 1. The number of hydrogen-bond acceptors (Lipinski definition) is 7. The molecule has 9 nitrogen and oxygen atoms in total. The Labute approximate surface area is 175 Å². The predicted octanol–water partition coefficient (Wildman–Crippen LogP) is 1.36. The molecule has 1 N–H and O–H groups in total. The molecule has 0 unspecified atom stereocenters. The summed E-state index contributed by atoms with van der Waals surface area (Å²) in [5.41, 5.74) is 0.117. The fourth-order valence-electron chi connectivity index (χ4n) is 2.95. The quantitative estimate of drug-likeness (QED) is 0.598. The summed E-state index contributed by atoms with van der Waals surface area (Å²) in [6.07, 6.45) is 0. The number of hydrogen-bond donors (Lipinski definition) is 1. The summed E-state index contributed by atoms with van der Waals surface area (Å²) in [7, 11) is -6.01. The first-order valence-corrected chi connectivity index (χ1v) is 12.2. The summed E-state index contributed by atoms with van der Waals surface area (Å²) in [6.45, 7) is 1.69. The van der Waals surface area contributed by atoms with Gasteiger partial charge in [0.1, 0.15) is 18.1 Å². The van der Waals surface area contributed by atoms with Gasteiger partial charge < -0.3 is 9.47 Å². The van der Waals surface area contributed by atoms with Gasteiger partial charge >= 0.3 is 0 Å². The van der Waals surface area contributed by atoms with Crippen LogP contribution in [0, 0.1) is 5.92 Å². The van der Waals surface area contributed by atoms with Gasteiger partial charge in [-0.2, -0.15) is 0 Å². The lowest BCUT2D eigenvalue weighted by molar-refractivity contribution is -0.119. The SMILES string of the molecule is COc1ccc(OCCNS(=O)(=O)c2ccc(N3C(=O)[C@H](C)CS3(=O)=O)cc2)cc1. The first-order valence-electron chi connectivity index (χ1n) is 9.07. The van der Waals surface area contributed by atoms with Gasteiger partial charge in [-0.1, -0.05) is 6.92 Å². The topological polar surface area (TPSA) is 119 Å². The molecule has 0 bridgehead atoms. The van der Waals surface area contributed by atoms with E-state index in [1.54, 1.807) is 31.4 Å². The zero-order chi connectivity index (χ0) is 21.9. The largest absolute Gasteiger partial charge is 0.497 e. The number of ether oxygens (including phenoxy) is 2. The Morgan fingerprint density at radius 3 is 2.20 bits per heavy atom. The van der Waals surface area contributed by atoms with Gasteiger partial charge in [-0.15, -0.1) is 0 Å². The van der Waals surface area contributed by atoms with Crippen LogP contribution in [-0.4, -0.2) is 48.8 Å². The minimum absolute atomic E-state index is 0.0343. The summed E-state index contributed by atoms with van der Waals surface area (Å²) < 4.78 is 62.8. The van der Waals surface area contributed by atoms with E-state index in [2.05, 4.69) is 4.72 Å². The van der Waals surface area contributed by atoms with E-state index >= 15 is 0 Å². The van der Waals surface area contributed by atoms with Crippen LogP contribution in [0.25, 0.3) is 0 Å². The highest BCUT2D eigenvalue weighted by atomic mass is 32.2. The van der Waals surface area contributed by atoms with Crippen LogP contribution in [0.1, 0.15) is 6.92 Å². The van der Waals surface area contributed by atoms with Crippen molar-refractivity contribution < 1.29 is 31.1 Å². The average molecular weight is 455 g/mol. The second kappa shape index (κ2) is 8.62. The third kappa shape index (κ3) is 4.74. The minimum Gasteiger partial charge on any atom is -0.497 e. The van der Waals surface area contributed by atoms with Crippen molar-refractivity contribution in [1.29, 1.82) is 0 Å². The Morgan fingerprint density at radius 2 is 1.67 bits per heavy atom. The maximum atomic E-state index is 12.4. The smallest absolute Gasteiger partial charge is 0.244 e. The first kappa shape index (κ1) is 22.1. The van der Waals surface area contributed by atoms with E-state index < -0.39 is 31.9 Å². The van der Waals surface area contributed by atoms with E-state index in [4.69, 9.17) is 9.47 Å². The first-order chi connectivity index (χ1) is 14.1. The molecule has 1 saturated heterocycles. The Morgan fingerprint density at radius 1 is 1.07 bits per heavy atom. The molecule has 1 aliphatic heterocycles. The Hall–Kier alpha value is -2.63. The molecule has 11 heteroatoms. The zero-order valence-corrected chi connectivity index (χ0v) is 18.1. The summed E-state index contributed by atoms with van der Waals surface area (Å²) in [5.74, 6) is -0.165. The van der Waals surface area contributed by atoms with Crippen LogP contribution in [0.4, 0.5) is 5.69 Å². The van der Waals surface area contributed by atoms with Crippen molar-refractivity contribution in [2.24, 2.45) is 5.92 Å². The Kier molecular flexibility index (Phi) is 6.34. The van der Waals surface area contributed by atoms with Crippen molar-refractivity contribution in [2.45, 2.75) is 11.8 Å². The second-order valence-electron chi connectivity index (χ2n) is 6.70. The van der Waals surface area contributed by atoms with Gasteiger partial charge in [-0.05, 0) is 48.5 Å². The fraction of sp³-hybridized carbons (Fsp3) is 0.316. The maximum absolute atomic E-state index is 12.4. The molecule has 0 saturated carbocycles. The number of nitrogens with zero attached hydrogens (tertiary/aromatic N) is 1. The molecule has 0 aromatic heterocycles. The summed E-state index contributed by atoms with van der Waals surface area (Å²) in [5, 5.41) is 0. The van der Waals surface area contributed by atoms with Crippen LogP contribution in [0.3, 0.4) is 0 Å². The molecule has 2 aromatic rings. The highest BCUT2D eigenvalue weighted by molar-refractivity contribution is 7.94. The van der Waals surface area contributed by atoms with Gasteiger partial charge in [0.25, 0.3) is 0 Å². The summed E-state index contributed by atoms with van der Waals surface area (Å²) >= 11 is 0. The lowest BCUT2D eigenvalue weighted by Gasteiger charge is -2.15. The van der Waals surface area contributed by atoms with Crippen LogP contribution in [0.2, 0.25) is 0 Å². The molecule has 0 aliphatic carbocycles. The van der Waals surface area contributed by atoms with Crippen molar-refractivity contribution in [2.75, 3.05) is 30.3 Å². The molecule has 1 aliphatic rings. The molecule has 30 heavy (non-hydrogen) atoms. The molecule has 2 aromatic carbocycles. The van der Waals surface area contributed by atoms with Crippen LogP contribution >= 0.6 is 0 Å². The lowest BCUT2D eigenvalue weighted by atomic mass is 10.2. The highest BCUT2D eigenvalue weighted by Gasteiger charge is 2.41. The van der Waals surface area contributed by atoms with E-state index in [1.807, 2.05) is 0 Å². The van der Waals surface area contributed by atoms with Crippen molar-refractivity contribution in [3.8, 4) is 11.5 Å². The maximum Gasteiger partial charge on any atom is 0.244 e. The molecule has 0 radical (unpaired) electrons. The van der Waals surface area contributed by atoms with Crippen LogP contribution in [0.5, 0.6) is 11.5 Å². The van der Waals surface area contributed by atoms with Crippen LogP contribution < -0.4 is 18.5 Å². The van der Waals surface area contributed by atoms with E-state index in [1.165, 1.54) is 31.2 Å². The standard InChI is InChI=1S/C19H22N2O7S2/c1-14-13-29(23,24)21(19(14)22)15-3-9-18(10-4-15)30(25,26)20-11-12-28-17-7-5-16(27-2)6-8-17/h3-10,14,20H,11-13H2,1-2H3/t14-/m1/s1. The number of amides is 1. The summed E-state index contributed by atoms with van der Waals surface area (Å²) in [4.78, 5) is 12.1. The molecule has 0 spiro atoms. The van der Waals surface area contributed by atoms with E-state index in [0.717, 1.165) is 4.31 Å². The monoisotopic (exact) mass is 454 g/mol. The Balaban J connectivity index is 1.60. The zero-order valence-electron chi connectivity index (χ0n) is 16.4. The number of carbonyl (C=O) groups is 1. The van der Waals surface area contributed by atoms with Crippen LogP contribution in [0.15, 0.2) is 53.4 Å². The fourth-order valence-corrected chi connectivity index (χ4v) is 5.78. The van der Waals surface area contributed by atoms with E-state index in [-0.39, 0.29) is 29.5 Å². The van der Waals surface area contributed by atoms with Gasteiger partial charge in [-0.3, -0.25) is 4.79 Å². The molecular formula is C19H22N2O7S2. The van der Waals surface area contributed by atoms with Crippen molar-refractivity contribution in [1.82, 2.24) is 4.72 Å². The minimum atomic E-state index is -3.82. The normalized spacial score (nSPS) is 18.4. The molecule has 3 rings (SSSR count). The number of methoxy groups -OCH3 is 1. The van der Waals surface area contributed by atoms with Gasteiger partial charge in [0.2, 0.25) is 26.0 Å². The second-order valence-corrected chi connectivity index (χ2v) is 10.3.